The molecule has 0 saturated heterocycles. The Morgan fingerprint density at radius 3 is 2.65 bits per heavy atom. The molecule has 0 unspecified atom stereocenters. The summed E-state index contributed by atoms with van der Waals surface area (Å²) in [5, 5.41) is 17.5. The van der Waals surface area contributed by atoms with E-state index in [0.717, 1.165) is 17.2 Å². The minimum Gasteiger partial charge on any atom is -0.502 e. The summed E-state index contributed by atoms with van der Waals surface area (Å²) in [7, 11) is 0. The maximum Gasteiger partial charge on any atom is 0.370 e. The molecule has 0 atom stereocenters. The van der Waals surface area contributed by atoms with Crippen molar-refractivity contribution in [3.8, 4) is 0 Å². The number of hydrogen-bond donors (Lipinski definition) is 2. The lowest BCUT2D eigenvalue weighted by Gasteiger charge is -1.97. The van der Waals surface area contributed by atoms with E-state index < -0.39 is 11.7 Å². The lowest BCUT2D eigenvalue weighted by molar-refractivity contribution is -0.135. The number of rotatable bonds is 2. The van der Waals surface area contributed by atoms with Crippen molar-refractivity contribution in [2.75, 3.05) is 0 Å². The van der Waals surface area contributed by atoms with Crippen molar-refractivity contribution < 1.29 is 19.8 Å². The van der Waals surface area contributed by atoms with Crippen molar-refractivity contribution >= 4 is 17.3 Å². The number of fused-ring (bicyclic) bond motifs is 1. The van der Waals surface area contributed by atoms with Crippen LogP contribution in [0.1, 0.15) is 11.1 Å². The molecule has 0 heterocycles. The van der Waals surface area contributed by atoms with Crippen molar-refractivity contribution in [2.45, 2.75) is 6.42 Å². The van der Waals surface area contributed by atoms with Gasteiger partial charge < -0.3 is 10.2 Å². The SMILES string of the molecule is O=C1Cc2ccccc2/C1=C/C=C(/O)C(=O)O. The van der Waals surface area contributed by atoms with Gasteiger partial charge in [0, 0.05) is 12.0 Å². The minimum atomic E-state index is -1.42. The molecule has 4 heteroatoms. The summed E-state index contributed by atoms with van der Waals surface area (Å²) in [6.45, 7) is 0. The monoisotopic (exact) mass is 230 g/mol. The smallest absolute Gasteiger partial charge is 0.370 e. The van der Waals surface area contributed by atoms with Crippen molar-refractivity contribution in [1.82, 2.24) is 0 Å². The van der Waals surface area contributed by atoms with Crippen molar-refractivity contribution in [2.24, 2.45) is 0 Å². The number of ketones is 1. The third-order valence-electron chi connectivity index (χ3n) is 2.59. The maximum absolute atomic E-state index is 11.7. The second-order valence-electron chi connectivity index (χ2n) is 3.69. The van der Waals surface area contributed by atoms with Crippen LogP contribution in [0.15, 0.2) is 42.2 Å². The highest BCUT2D eigenvalue weighted by Crippen LogP contribution is 2.29. The minimum absolute atomic E-state index is 0.0689. The van der Waals surface area contributed by atoms with Crippen molar-refractivity contribution in [3.05, 3.63) is 53.3 Å². The van der Waals surface area contributed by atoms with Gasteiger partial charge in [-0.05, 0) is 23.3 Å². The van der Waals surface area contributed by atoms with Gasteiger partial charge in [0.15, 0.2) is 5.78 Å². The zero-order valence-electron chi connectivity index (χ0n) is 8.88. The Morgan fingerprint density at radius 2 is 1.94 bits per heavy atom. The van der Waals surface area contributed by atoms with Crippen molar-refractivity contribution in [3.63, 3.8) is 0 Å². The molecule has 0 saturated carbocycles. The summed E-state index contributed by atoms with van der Waals surface area (Å²) in [5.41, 5.74) is 2.16. The van der Waals surface area contributed by atoms with E-state index in [1.165, 1.54) is 6.08 Å². The van der Waals surface area contributed by atoms with Crippen molar-refractivity contribution in [1.29, 1.82) is 0 Å². The number of aliphatic carboxylic acids is 1. The van der Waals surface area contributed by atoms with Gasteiger partial charge in [-0.3, -0.25) is 4.79 Å². The number of carbonyl (C=O) groups excluding carboxylic acids is 1. The van der Waals surface area contributed by atoms with E-state index in [-0.39, 0.29) is 5.78 Å². The largest absolute Gasteiger partial charge is 0.502 e. The Bertz CT molecular complexity index is 552. The van der Waals surface area contributed by atoms with E-state index in [2.05, 4.69) is 0 Å². The zero-order valence-corrected chi connectivity index (χ0v) is 8.88. The van der Waals surface area contributed by atoms with Crippen LogP contribution in [0.5, 0.6) is 0 Å². The Morgan fingerprint density at radius 1 is 1.24 bits per heavy atom. The van der Waals surface area contributed by atoms with Gasteiger partial charge in [0.25, 0.3) is 0 Å². The van der Waals surface area contributed by atoms with Crippen LogP contribution in [0, 0.1) is 0 Å². The van der Waals surface area contributed by atoms with Gasteiger partial charge in [0.2, 0.25) is 5.76 Å². The highest BCUT2D eigenvalue weighted by atomic mass is 16.4. The van der Waals surface area contributed by atoms with Crippen LogP contribution in [0.2, 0.25) is 0 Å². The first-order valence-electron chi connectivity index (χ1n) is 5.05. The van der Waals surface area contributed by atoms with E-state index in [4.69, 9.17) is 10.2 Å². The highest BCUT2D eigenvalue weighted by molar-refractivity contribution is 6.25. The Kier molecular flexibility index (Phi) is 2.78. The van der Waals surface area contributed by atoms with Crippen LogP contribution in [-0.4, -0.2) is 22.0 Å². The van der Waals surface area contributed by atoms with Gasteiger partial charge in [-0.25, -0.2) is 4.79 Å². The fourth-order valence-corrected chi connectivity index (χ4v) is 1.77. The number of Topliss-reactive ketones (excluding diaryl/α,β-unsaturated/α-hetero) is 1. The first kappa shape index (κ1) is 11.1. The van der Waals surface area contributed by atoms with Crippen LogP contribution in [-0.2, 0) is 16.0 Å². The number of carboxylic acids is 1. The summed E-state index contributed by atoms with van der Waals surface area (Å²) in [6.07, 6.45) is 2.69. The van der Waals surface area contributed by atoms with Gasteiger partial charge in [-0.15, -0.1) is 0 Å². The number of allylic oxidation sites excluding steroid dienone is 3. The molecular weight excluding hydrogens is 220 g/mol. The molecular formula is C13H10O4. The third kappa shape index (κ3) is 2.10. The standard InChI is InChI=1S/C13H10O4/c14-11(13(16)17)6-5-10-9-4-2-1-3-8(9)7-12(10)15/h1-6,14H,7H2,(H,16,17)/b10-5-,11-6+. The van der Waals surface area contributed by atoms with Gasteiger partial charge >= 0.3 is 5.97 Å². The number of carboxylic acid groups (broad SMARTS) is 1. The third-order valence-corrected chi connectivity index (χ3v) is 2.59. The van der Waals surface area contributed by atoms with Crippen LogP contribution < -0.4 is 0 Å². The highest BCUT2D eigenvalue weighted by Gasteiger charge is 2.23. The lowest BCUT2D eigenvalue weighted by atomic mass is 10.1. The molecule has 4 nitrogen and oxygen atoms in total. The first-order valence-corrected chi connectivity index (χ1v) is 5.05. The van der Waals surface area contributed by atoms with Crippen LogP contribution >= 0.6 is 0 Å². The average Bonchev–Trinajstić information content (AvgIpc) is 2.61. The average molecular weight is 230 g/mol. The predicted octanol–water partition coefficient (Wildman–Crippen LogP) is 1.72. The summed E-state index contributed by atoms with van der Waals surface area (Å²) in [5.74, 6) is -2.27. The fraction of sp³-hybridized carbons (Fsp3) is 0.0769. The molecule has 86 valence electrons. The molecule has 0 bridgehead atoms. The van der Waals surface area contributed by atoms with Crippen LogP contribution in [0.25, 0.3) is 5.57 Å². The normalized spacial score (nSPS) is 17.3. The molecule has 0 spiro atoms. The number of benzene rings is 1. The molecule has 0 fully saturated rings. The topological polar surface area (TPSA) is 74.6 Å². The molecule has 1 aromatic carbocycles. The van der Waals surface area contributed by atoms with E-state index in [9.17, 15) is 9.59 Å². The second kappa shape index (κ2) is 4.25. The molecule has 1 aliphatic rings. The van der Waals surface area contributed by atoms with Gasteiger partial charge in [0.1, 0.15) is 0 Å². The summed E-state index contributed by atoms with van der Waals surface area (Å²) >= 11 is 0. The lowest BCUT2D eigenvalue weighted by Crippen LogP contribution is -1.98. The van der Waals surface area contributed by atoms with E-state index >= 15 is 0 Å². The summed E-state index contributed by atoms with van der Waals surface area (Å²) in [6, 6.07) is 7.32. The van der Waals surface area contributed by atoms with Crippen LogP contribution in [0.3, 0.4) is 0 Å². The maximum atomic E-state index is 11.7. The quantitative estimate of drug-likeness (QED) is 0.599. The van der Waals surface area contributed by atoms with Gasteiger partial charge in [-0.2, -0.15) is 0 Å². The van der Waals surface area contributed by atoms with E-state index in [1.54, 1.807) is 6.07 Å². The first-order chi connectivity index (χ1) is 8.09. The molecule has 0 amide bonds. The molecule has 0 radical (unpaired) electrons. The molecule has 2 rings (SSSR count). The number of aliphatic hydroxyl groups excluding tert-OH is 1. The predicted molar refractivity (Wildman–Crippen MR) is 61.5 cm³/mol. The van der Waals surface area contributed by atoms with Crippen LogP contribution in [0.4, 0.5) is 0 Å². The molecule has 0 aliphatic heterocycles. The number of hydrogen-bond acceptors (Lipinski definition) is 3. The number of carbonyl (C=O) groups is 2. The van der Waals surface area contributed by atoms with E-state index in [0.29, 0.717) is 12.0 Å². The molecule has 1 aromatic rings. The van der Waals surface area contributed by atoms with Gasteiger partial charge in [0.05, 0.1) is 0 Å². The Hall–Kier alpha value is -2.36. The fourth-order valence-electron chi connectivity index (χ4n) is 1.77. The molecule has 0 aromatic heterocycles. The second-order valence-corrected chi connectivity index (χ2v) is 3.69. The summed E-state index contributed by atoms with van der Waals surface area (Å²) in [4.78, 5) is 22.1. The number of aliphatic hydroxyl groups is 1. The molecule has 2 N–H and O–H groups in total. The van der Waals surface area contributed by atoms with E-state index in [1.807, 2.05) is 18.2 Å². The van der Waals surface area contributed by atoms with Gasteiger partial charge in [-0.1, -0.05) is 24.3 Å². The molecule has 17 heavy (non-hydrogen) atoms. The summed E-state index contributed by atoms with van der Waals surface area (Å²) < 4.78 is 0. The Labute approximate surface area is 97.5 Å². The Balaban J connectivity index is 2.40. The zero-order chi connectivity index (χ0) is 12.4. The molecule has 1 aliphatic carbocycles.